The topological polar surface area (TPSA) is 32.3 Å². The lowest BCUT2D eigenvalue weighted by atomic mass is 9.93. The second-order valence-corrected chi connectivity index (χ2v) is 8.64. The monoisotopic (exact) mass is 410 g/mol. The third-order valence-corrected chi connectivity index (χ3v) is 6.49. The maximum absolute atomic E-state index is 12.4. The molecule has 3 unspecified atom stereocenters. The van der Waals surface area contributed by atoms with Crippen LogP contribution in [-0.4, -0.2) is 41.7 Å². The SMILES string of the molecule is O=C(NCC1CCCCC(S)C1N1CCCC1)c1ccc(Br)cc1. The summed E-state index contributed by atoms with van der Waals surface area (Å²) in [4.78, 5) is 15.1. The number of benzene rings is 1. The highest BCUT2D eigenvalue weighted by Crippen LogP contribution is 2.32. The molecule has 2 fully saturated rings. The van der Waals surface area contributed by atoms with E-state index in [0.717, 1.165) is 16.6 Å². The van der Waals surface area contributed by atoms with Gasteiger partial charge >= 0.3 is 0 Å². The largest absolute Gasteiger partial charge is 0.352 e. The maximum atomic E-state index is 12.4. The fraction of sp³-hybridized carbons (Fsp3) is 0.632. The zero-order chi connectivity index (χ0) is 16.9. The summed E-state index contributed by atoms with van der Waals surface area (Å²) in [5.74, 6) is 0.537. The lowest BCUT2D eigenvalue weighted by Crippen LogP contribution is -2.48. The van der Waals surface area contributed by atoms with Crippen molar-refractivity contribution in [3.05, 3.63) is 34.3 Å². The lowest BCUT2D eigenvalue weighted by Gasteiger charge is -2.37. The third kappa shape index (κ3) is 4.55. The van der Waals surface area contributed by atoms with Crippen LogP contribution >= 0.6 is 28.6 Å². The Bertz CT molecular complexity index is 545. The number of nitrogens with zero attached hydrogens (tertiary/aromatic N) is 1. The molecule has 0 spiro atoms. The Labute approximate surface area is 159 Å². The van der Waals surface area contributed by atoms with Gasteiger partial charge in [-0.25, -0.2) is 0 Å². The first-order valence-electron chi connectivity index (χ1n) is 9.11. The summed E-state index contributed by atoms with van der Waals surface area (Å²) in [6, 6.07) is 8.07. The van der Waals surface area contributed by atoms with Crippen LogP contribution in [0.4, 0.5) is 0 Å². The minimum absolute atomic E-state index is 0.0302. The van der Waals surface area contributed by atoms with E-state index < -0.39 is 0 Å². The normalized spacial score (nSPS) is 28.5. The van der Waals surface area contributed by atoms with Crippen molar-refractivity contribution in [1.29, 1.82) is 0 Å². The van der Waals surface area contributed by atoms with Gasteiger partial charge in [0.05, 0.1) is 0 Å². The number of halogens is 1. The minimum atomic E-state index is 0.0302. The van der Waals surface area contributed by atoms with Crippen molar-refractivity contribution in [2.75, 3.05) is 19.6 Å². The van der Waals surface area contributed by atoms with E-state index in [4.69, 9.17) is 12.6 Å². The van der Waals surface area contributed by atoms with E-state index in [0.29, 0.717) is 17.2 Å². The van der Waals surface area contributed by atoms with Crippen LogP contribution in [0, 0.1) is 5.92 Å². The van der Waals surface area contributed by atoms with Crippen molar-refractivity contribution in [3.63, 3.8) is 0 Å². The molecule has 1 aliphatic carbocycles. The van der Waals surface area contributed by atoms with Gasteiger partial charge in [-0.15, -0.1) is 0 Å². The van der Waals surface area contributed by atoms with Gasteiger partial charge in [-0.2, -0.15) is 12.6 Å². The molecule has 0 radical (unpaired) electrons. The fourth-order valence-corrected chi connectivity index (χ4v) is 5.03. The van der Waals surface area contributed by atoms with Gasteiger partial charge in [-0.05, 0) is 69.0 Å². The first-order valence-corrected chi connectivity index (χ1v) is 10.4. The minimum Gasteiger partial charge on any atom is -0.352 e. The maximum Gasteiger partial charge on any atom is 0.251 e. The molecule has 3 nitrogen and oxygen atoms in total. The number of rotatable bonds is 4. The first kappa shape index (κ1) is 18.3. The van der Waals surface area contributed by atoms with Crippen molar-refractivity contribution >= 4 is 34.5 Å². The van der Waals surface area contributed by atoms with Crippen LogP contribution in [0.1, 0.15) is 48.9 Å². The smallest absolute Gasteiger partial charge is 0.251 e. The van der Waals surface area contributed by atoms with Gasteiger partial charge in [-0.3, -0.25) is 9.69 Å². The van der Waals surface area contributed by atoms with Crippen molar-refractivity contribution in [1.82, 2.24) is 10.2 Å². The molecule has 3 atom stereocenters. The summed E-state index contributed by atoms with van der Waals surface area (Å²) in [7, 11) is 0. The van der Waals surface area contributed by atoms with Crippen molar-refractivity contribution in [2.24, 2.45) is 5.92 Å². The Morgan fingerprint density at radius 1 is 1.12 bits per heavy atom. The standard InChI is InChI=1S/C19H27BrN2OS/c20-16-9-7-14(8-10-16)19(23)21-13-15-5-1-2-6-17(24)18(15)22-11-3-4-12-22/h7-10,15,17-18,24H,1-6,11-13H2,(H,21,23). The highest BCUT2D eigenvalue weighted by atomic mass is 79.9. The average molecular weight is 411 g/mol. The molecule has 1 heterocycles. The zero-order valence-electron chi connectivity index (χ0n) is 14.1. The van der Waals surface area contributed by atoms with Crippen molar-refractivity contribution in [3.8, 4) is 0 Å². The summed E-state index contributed by atoms with van der Waals surface area (Å²) in [6.07, 6.45) is 7.50. The highest BCUT2D eigenvalue weighted by Gasteiger charge is 2.35. The summed E-state index contributed by atoms with van der Waals surface area (Å²) >= 11 is 8.34. The predicted molar refractivity (Wildman–Crippen MR) is 106 cm³/mol. The Balaban J connectivity index is 1.64. The van der Waals surface area contributed by atoms with Crippen LogP contribution in [0.25, 0.3) is 0 Å². The molecule has 1 aromatic carbocycles. The molecule has 3 rings (SSSR count). The molecule has 2 aliphatic rings. The number of amides is 1. The van der Waals surface area contributed by atoms with E-state index in [-0.39, 0.29) is 5.91 Å². The molecule has 1 saturated carbocycles. The summed E-state index contributed by atoms with van der Waals surface area (Å²) in [5, 5.41) is 3.61. The second kappa shape index (κ2) is 8.72. The average Bonchev–Trinajstić information content (AvgIpc) is 3.04. The Morgan fingerprint density at radius 3 is 2.50 bits per heavy atom. The number of hydrogen-bond acceptors (Lipinski definition) is 3. The number of carbonyl (C=O) groups is 1. The van der Waals surface area contributed by atoms with Gasteiger partial charge in [0.25, 0.3) is 5.91 Å². The quantitative estimate of drug-likeness (QED) is 0.577. The third-order valence-electron chi connectivity index (χ3n) is 5.40. The Kier molecular flexibility index (Phi) is 6.64. The fourth-order valence-electron chi connectivity index (χ4n) is 4.15. The van der Waals surface area contributed by atoms with Crippen LogP contribution < -0.4 is 5.32 Å². The van der Waals surface area contributed by atoms with Gasteiger partial charge in [0.1, 0.15) is 0 Å². The van der Waals surface area contributed by atoms with E-state index in [2.05, 4.69) is 26.1 Å². The summed E-state index contributed by atoms with van der Waals surface area (Å²) in [6.45, 7) is 3.14. The number of thiol groups is 1. The molecule has 1 aromatic rings. The molecule has 0 aromatic heterocycles. The van der Waals surface area contributed by atoms with Gasteiger partial charge < -0.3 is 5.32 Å². The first-order chi connectivity index (χ1) is 11.6. The molecule has 1 amide bonds. The molecule has 5 heteroatoms. The van der Waals surface area contributed by atoms with E-state index >= 15 is 0 Å². The van der Waals surface area contributed by atoms with E-state index in [1.165, 1.54) is 51.6 Å². The molecule has 1 aliphatic heterocycles. The zero-order valence-corrected chi connectivity index (χ0v) is 16.6. The van der Waals surface area contributed by atoms with Crippen LogP contribution in [0.5, 0.6) is 0 Å². The van der Waals surface area contributed by atoms with Crippen LogP contribution in [-0.2, 0) is 0 Å². The molecule has 0 bridgehead atoms. The van der Waals surface area contributed by atoms with E-state index in [1.807, 2.05) is 24.3 Å². The van der Waals surface area contributed by atoms with Crippen LogP contribution in [0.3, 0.4) is 0 Å². The van der Waals surface area contributed by atoms with Gasteiger partial charge in [0, 0.05) is 27.9 Å². The Morgan fingerprint density at radius 2 is 1.79 bits per heavy atom. The molecule has 1 N–H and O–H groups in total. The van der Waals surface area contributed by atoms with E-state index in [9.17, 15) is 4.79 Å². The number of hydrogen-bond donors (Lipinski definition) is 2. The van der Waals surface area contributed by atoms with Crippen LogP contribution in [0.15, 0.2) is 28.7 Å². The van der Waals surface area contributed by atoms with E-state index in [1.54, 1.807) is 0 Å². The Hall–Kier alpha value is -0.520. The molecule has 24 heavy (non-hydrogen) atoms. The second-order valence-electron chi connectivity index (χ2n) is 7.06. The lowest BCUT2D eigenvalue weighted by molar-refractivity contribution is 0.0929. The van der Waals surface area contributed by atoms with Crippen molar-refractivity contribution in [2.45, 2.75) is 49.8 Å². The molecular weight excluding hydrogens is 384 g/mol. The van der Waals surface area contributed by atoms with Gasteiger partial charge in [0.2, 0.25) is 0 Å². The van der Waals surface area contributed by atoms with Crippen LogP contribution in [0.2, 0.25) is 0 Å². The summed E-state index contributed by atoms with van der Waals surface area (Å²) in [5.41, 5.74) is 0.729. The predicted octanol–water partition coefficient (Wildman–Crippen LogP) is 4.13. The highest BCUT2D eigenvalue weighted by molar-refractivity contribution is 9.10. The number of carbonyl (C=O) groups excluding carboxylic acids is 1. The molecule has 132 valence electrons. The van der Waals surface area contributed by atoms with Gasteiger partial charge in [-0.1, -0.05) is 28.8 Å². The molecular formula is C19H27BrN2OS. The summed E-state index contributed by atoms with van der Waals surface area (Å²) < 4.78 is 0.995. The van der Waals surface area contributed by atoms with Gasteiger partial charge in [0.15, 0.2) is 0 Å². The molecule has 1 saturated heterocycles. The van der Waals surface area contributed by atoms with Crippen molar-refractivity contribution < 1.29 is 4.79 Å². The number of nitrogens with one attached hydrogen (secondary N) is 1. The number of likely N-dealkylation sites (tertiary alicyclic amines) is 1.